The molecule has 0 aliphatic heterocycles. The van der Waals surface area contributed by atoms with E-state index in [0.29, 0.717) is 17.1 Å². The van der Waals surface area contributed by atoms with Crippen LogP contribution in [0, 0.1) is 0 Å². The standard InChI is InChI=1S/C14H18N2OS/c1-4-16(9(2)3)14(17)13-12(15)10-7-5-6-8-11(10)18-13/h5-9H,4,15H2,1-3H3. The van der Waals surface area contributed by atoms with Crippen LogP contribution < -0.4 is 5.73 Å². The number of anilines is 1. The highest BCUT2D eigenvalue weighted by Gasteiger charge is 2.22. The summed E-state index contributed by atoms with van der Waals surface area (Å²) in [6.45, 7) is 6.72. The van der Waals surface area contributed by atoms with Crippen molar-refractivity contribution >= 4 is 33.0 Å². The average Bonchev–Trinajstić information content (AvgIpc) is 2.68. The predicted octanol–water partition coefficient (Wildman–Crippen LogP) is 3.35. The van der Waals surface area contributed by atoms with Crippen LogP contribution in [0.15, 0.2) is 24.3 Å². The van der Waals surface area contributed by atoms with Crippen LogP contribution in [0.25, 0.3) is 10.1 Å². The van der Waals surface area contributed by atoms with Crippen LogP contribution >= 0.6 is 11.3 Å². The number of fused-ring (bicyclic) bond motifs is 1. The van der Waals surface area contributed by atoms with Crippen LogP contribution in [-0.2, 0) is 0 Å². The Morgan fingerprint density at radius 3 is 2.61 bits per heavy atom. The SMILES string of the molecule is CCN(C(=O)c1sc2ccccc2c1N)C(C)C. The van der Waals surface area contributed by atoms with E-state index in [-0.39, 0.29) is 11.9 Å². The summed E-state index contributed by atoms with van der Waals surface area (Å²) in [5.41, 5.74) is 6.71. The summed E-state index contributed by atoms with van der Waals surface area (Å²) >= 11 is 1.48. The summed E-state index contributed by atoms with van der Waals surface area (Å²) < 4.78 is 1.07. The molecule has 0 saturated carbocycles. The number of amides is 1. The molecule has 0 aliphatic carbocycles. The summed E-state index contributed by atoms with van der Waals surface area (Å²) in [5, 5.41) is 0.977. The minimum absolute atomic E-state index is 0.0335. The van der Waals surface area contributed by atoms with Crippen molar-refractivity contribution in [1.82, 2.24) is 4.90 Å². The van der Waals surface area contributed by atoms with E-state index in [1.54, 1.807) is 0 Å². The maximum atomic E-state index is 12.5. The molecule has 0 saturated heterocycles. The van der Waals surface area contributed by atoms with E-state index in [4.69, 9.17) is 5.73 Å². The molecule has 0 aliphatic rings. The lowest BCUT2D eigenvalue weighted by atomic mass is 10.2. The second-order valence-corrected chi connectivity index (χ2v) is 5.58. The number of nitrogen functional groups attached to an aromatic ring is 1. The largest absolute Gasteiger partial charge is 0.397 e. The quantitative estimate of drug-likeness (QED) is 0.922. The third kappa shape index (κ3) is 2.08. The third-order valence-electron chi connectivity index (χ3n) is 3.05. The Hall–Kier alpha value is -1.55. The number of thiophene rings is 1. The maximum absolute atomic E-state index is 12.5. The van der Waals surface area contributed by atoms with Crippen molar-refractivity contribution in [3.8, 4) is 0 Å². The maximum Gasteiger partial charge on any atom is 0.266 e. The van der Waals surface area contributed by atoms with Gasteiger partial charge in [0.2, 0.25) is 0 Å². The van der Waals surface area contributed by atoms with E-state index in [0.717, 1.165) is 10.1 Å². The van der Waals surface area contributed by atoms with Gasteiger partial charge in [0.25, 0.3) is 5.91 Å². The van der Waals surface area contributed by atoms with E-state index in [1.165, 1.54) is 11.3 Å². The van der Waals surface area contributed by atoms with Gasteiger partial charge in [0.1, 0.15) is 4.88 Å². The van der Waals surface area contributed by atoms with Gasteiger partial charge in [-0.2, -0.15) is 0 Å². The Bertz CT molecular complexity index is 574. The first-order chi connectivity index (χ1) is 8.56. The molecule has 1 heterocycles. The van der Waals surface area contributed by atoms with Gasteiger partial charge in [0.05, 0.1) is 5.69 Å². The van der Waals surface area contributed by atoms with E-state index in [2.05, 4.69) is 0 Å². The van der Waals surface area contributed by atoms with Crippen molar-refractivity contribution in [3.05, 3.63) is 29.1 Å². The number of nitrogens with two attached hydrogens (primary N) is 1. The van der Waals surface area contributed by atoms with Gasteiger partial charge < -0.3 is 10.6 Å². The van der Waals surface area contributed by atoms with Crippen LogP contribution in [0.3, 0.4) is 0 Å². The van der Waals surface area contributed by atoms with Crippen molar-refractivity contribution in [2.24, 2.45) is 0 Å². The Labute approximate surface area is 111 Å². The molecule has 0 atom stereocenters. The first-order valence-corrected chi connectivity index (χ1v) is 6.95. The summed E-state index contributed by atoms with van der Waals surface area (Å²) in [6, 6.07) is 8.06. The first kappa shape index (κ1) is 12.9. The number of hydrogen-bond donors (Lipinski definition) is 1. The molecular formula is C14H18N2OS. The van der Waals surface area contributed by atoms with E-state index in [1.807, 2.05) is 49.9 Å². The molecule has 3 nitrogen and oxygen atoms in total. The Morgan fingerprint density at radius 2 is 2.06 bits per heavy atom. The first-order valence-electron chi connectivity index (χ1n) is 6.14. The molecule has 2 rings (SSSR count). The molecular weight excluding hydrogens is 244 g/mol. The van der Waals surface area contributed by atoms with Gasteiger partial charge in [0, 0.05) is 22.7 Å². The molecule has 1 aromatic heterocycles. The van der Waals surface area contributed by atoms with Crippen LogP contribution in [0.1, 0.15) is 30.4 Å². The molecule has 4 heteroatoms. The van der Waals surface area contributed by atoms with E-state index in [9.17, 15) is 4.79 Å². The fourth-order valence-corrected chi connectivity index (χ4v) is 3.18. The Balaban J connectivity index is 2.48. The second-order valence-electron chi connectivity index (χ2n) is 4.53. The van der Waals surface area contributed by atoms with Gasteiger partial charge in [-0.15, -0.1) is 11.3 Å². The number of carbonyl (C=O) groups excluding carboxylic acids is 1. The van der Waals surface area contributed by atoms with Gasteiger partial charge in [0.15, 0.2) is 0 Å². The van der Waals surface area contributed by atoms with Gasteiger partial charge >= 0.3 is 0 Å². The molecule has 1 aromatic carbocycles. The van der Waals surface area contributed by atoms with Crippen molar-refractivity contribution in [2.75, 3.05) is 12.3 Å². The van der Waals surface area contributed by atoms with E-state index < -0.39 is 0 Å². The molecule has 18 heavy (non-hydrogen) atoms. The van der Waals surface area contributed by atoms with Gasteiger partial charge in [-0.1, -0.05) is 18.2 Å². The summed E-state index contributed by atoms with van der Waals surface area (Å²) in [7, 11) is 0. The second kappa shape index (κ2) is 4.98. The highest BCUT2D eigenvalue weighted by Crippen LogP contribution is 2.34. The molecule has 0 fully saturated rings. The average molecular weight is 262 g/mol. The third-order valence-corrected chi connectivity index (χ3v) is 4.23. The number of benzene rings is 1. The Morgan fingerprint density at radius 1 is 1.39 bits per heavy atom. The smallest absolute Gasteiger partial charge is 0.266 e. The lowest BCUT2D eigenvalue weighted by molar-refractivity contribution is 0.0723. The number of hydrogen-bond acceptors (Lipinski definition) is 3. The van der Waals surface area contributed by atoms with E-state index >= 15 is 0 Å². The highest BCUT2D eigenvalue weighted by molar-refractivity contribution is 7.21. The van der Waals surface area contributed by atoms with Crippen molar-refractivity contribution in [3.63, 3.8) is 0 Å². The molecule has 1 amide bonds. The highest BCUT2D eigenvalue weighted by atomic mass is 32.1. The lowest BCUT2D eigenvalue weighted by Crippen LogP contribution is -2.36. The minimum atomic E-state index is 0.0335. The van der Waals surface area contributed by atoms with Crippen LogP contribution in [0.4, 0.5) is 5.69 Å². The Kier molecular flexibility index (Phi) is 3.57. The fourth-order valence-electron chi connectivity index (χ4n) is 2.10. The van der Waals surface area contributed by atoms with Gasteiger partial charge in [-0.05, 0) is 26.8 Å². The summed E-state index contributed by atoms with van der Waals surface area (Å²) in [6.07, 6.45) is 0. The summed E-state index contributed by atoms with van der Waals surface area (Å²) in [5.74, 6) is 0.0335. The van der Waals surface area contributed by atoms with Gasteiger partial charge in [-0.25, -0.2) is 0 Å². The molecule has 0 spiro atoms. The fraction of sp³-hybridized carbons (Fsp3) is 0.357. The monoisotopic (exact) mass is 262 g/mol. The normalized spacial score (nSPS) is 11.1. The van der Waals surface area contributed by atoms with Gasteiger partial charge in [-0.3, -0.25) is 4.79 Å². The number of rotatable bonds is 3. The zero-order chi connectivity index (χ0) is 13.3. The molecule has 0 radical (unpaired) electrons. The summed E-state index contributed by atoms with van der Waals surface area (Å²) in [4.78, 5) is 15.0. The lowest BCUT2D eigenvalue weighted by Gasteiger charge is -2.24. The van der Waals surface area contributed by atoms with Crippen LogP contribution in [0.5, 0.6) is 0 Å². The van der Waals surface area contributed by atoms with Crippen LogP contribution in [-0.4, -0.2) is 23.4 Å². The molecule has 2 N–H and O–H groups in total. The molecule has 0 unspecified atom stereocenters. The molecule has 2 aromatic rings. The zero-order valence-electron chi connectivity index (χ0n) is 10.9. The predicted molar refractivity (Wildman–Crippen MR) is 78.1 cm³/mol. The molecule has 0 bridgehead atoms. The topological polar surface area (TPSA) is 46.3 Å². The molecule has 96 valence electrons. The number of nitrogens with zero attached hydrogens (tertiary/aromatic N) is 1. The number of carbonyl (C=O) groups is 1. The van der Waals surface area contributed by atoms with Crippen molar-refractivity contribution in [1.29, 1.82) is 0 Å². The van der Waals surface area contributed by atoms with Crippen molar-refractivity contribution < 1.29 is 4.79 Å². The van der Waals surface area contributed by atoms with Crippen LogP contribution in [0.2, 0.25) is 0 Å². The zero-order valence-corrected chi connectivity index (χ0v) is 11.8. The minimum Gasteiger partial charge on any atom is -0.397 e. The van der Waals surface area contributed by atoms with Crippen molar-refractivity contribution in [2.45, 2.75) is 26.8 Å².